The summed E-state index contributed by atoms with van der Waals surface area (Å²) in [4.78, 5) is 12.1. The second kappa shape index (κ2) is 6.59. The van der Waals surface area contributed by atoms with Crippen LogP contribution >= 0.6 is 0 Å². The van der Waals surface area contributed by atoms with E-state index in [1.807, 2.05) is 20.8 Å². The fraction of sp³-hybridized carbons (Fsp3) is 0.647. The van der Waals surface area contributed by atoms with Gasteiger partial charge in [-0.1, -0.05) is 45.2 Å². The largest absolute Gasteiger partial charge is 0.331 e. The maximum Gasteiger partial charge on any atom is 0.331 e. The zero-order valence-electron chi connectivity index (χ0n) is 14.3. The molecule has 2 aliphatic rings. The van der Waals surface area contributed by atoms with Gasteiger partial charge in [-0.15, -0.1) is 0 Å². The second-order valence-corrected chi connectivity index (χ2v) is 9.10. The van der Waals surface area contributed by atoms with Crippen LogP contribution < -0.4 is 0 Å². The first-order valence-electron chi connectivity index (χ1n) is 8.07. The molecule has 2 aliphatic carbocycles. The van der Waals surface area contributed by atoms with E-state index >= 15 is 0 Å². The minimum Gasteiger partial charge on any atom is -0.290 e. The molecule has 5 nitrogen and oxygen atoms in total. The smallest absolute Gasteiger partial charge is 0.290 e. The fourth-order valence-corrected chi connectivity index (χ4v) is 4.08. The lowest BCUT2D eigenvalue weighted by Gasteiger charge is -2.24. The Kier molecular flexibility index (Phi) is 5.14. The molecule has 0 spiro atoms. The van der Waals surface area contributed by atoms with E-state index in [1.165, 1.54) is 6.08 Å². The summed E-state index contributed by atoms with van der Waals surface area (Å²) in [5.41, 5.74) is 1.27. The second-order valence-electron chi connectivity index (χ2n) is 7.30. The monoisotopic (exact) mass is 339 g/mol. The molecule has 0 bridgehead atoms. The predicted molar refractivity (Wildman–Crippen MR) is 90.6 cm³/mol. The topological polar surface area (TPSA) is 72.8 Å². The molecule has 6 heteroatoms. The van der Waals surface area contributed by atoms with E-state index < -0.39 is 15.4 Å². The molecule has 0 N–H and O–H groups in total. The molecular weight excluding hydrogens is 314 g/mol. The van der Waals surface area contributed by atoms with Crippen molar-refractivity contribution < 1.29 is 17.5 Å². The summed E-state index contributed by atoms with van der Waals surface area (Å²) in [6, 6.07) is 0. The summed E-state index contributed by atoms with van der Waals surface area (Å²) in [5, 5.41) is 3.37. The number of hydrogen-bond acceptors (Lipinski definition) is 5. The van der Waals surface area contributed by atoms with Crippen molar-refractivity contribution in [2.24, 2.45) is 10.6 Å². The van der Waals surface area contributed by atoms with Crippen LogP contribution in [0, 0.1) is 5.41 Å². The Morgan fingerprint density at radius 3 is 2.30 bits per heavy atom. The van der Waals surface area contributed by atoms with Gasteiger partial charge in [-0.25, -0.2) is 0 Å². The van der Waals surface area contributed by atoms with Gasteiger partial charge >= 0.3 is 10.1 Å². The van der Waals surface area contributed by atoms with Gasteiger partial charge in [0.2, 0.25) is 0 Å². The summed E-state index contributed by atoms with van der Waals surface area (Å²) in [6.45, 7) is 7.52. The molecule has 0 saturated heterocycles. The van der Waals surface area contributed by atoms with Crippen molar-refractivity contribution >= 4 is 21.6 Å². The van der Waals surface area contributed by atoms with E-state index in [-0.39, 0.29) is 11.2 Å². The summed E-state index contributed by atoms with van der Waals surface area (Å²) in [7, 11) is -3.70. The molecule has 0 aromatic carbocycles. The molecule has 0 radical (unpaired) electrons. The van der Waals surface area contributed by atoms with Crippen LogP contribution in [0.5, 0.6) is 0 Å². The van der Waals surface area contributed by atoms with Crippen molar-refractivity contribution in [1.82, 2.24) is 0 Å². The Morgan fingerprint density at radius 1 is 1.13 bits per heavy atom. The molecule has 1 saturated carbocycles. The highest BCUT2D eigenvalue weighted by atomic mass is 32.2. The van der Waals surface area contributed by atoms with Crippen LogP contribution in [-0.4, -0.2) is 25.2 Å². The lowest BCUT2D eigenvalue weighted by atomic mass is 9.80. The molecule has 0 amide bonds. The highest BCUT2D eigenvalue weighted by molar-refractivity contribution is 7.87. The van der Waals surface area contributed by atoms with E-state index in [0.29, 0.717) is 29.7 Å². The first-order valence-corrected chi connectivity index (χ1v) is 9.54. The van der Waals surface area contributed by atoms with Gasteiger partial charge in [0.15, 0.2) is 5.78 Å². The van der Waals surface area contributed by atoms with Gasteiger partial charge in [0.25, 0.3) is 0 Å². The highest BCUT2D eigenvalue weighted by Crippen LogP contribution is 2.30. The number of carbonyl (C=O) groups is 1. The number of rotatable bonds is 3. The van der Waals surface area contributed by atoms with Gasteiger partial charge in [0.05, 0.1) is 5.25 Å². The van der Waals surface area contributed by atoms with Crippen LogP contribution in [0.1, 0.15) is 59.8 Å². The van der Waals surface area contributed by atoms with E-state index in [9.17, 15) is 13.2 Å². The standard InChI is InChI=1S/C17H25NO4S/c1-12-10-16(19)14(17(2,3)4)11-15(12)18-22-23(20,21)13-8-6-5-7-9-13/h10-11,13H,5-9H2,1-4H3/b18-15+. The van der Waals surface area contributed by atoms with Crippen molar-refractivity contribution in [3.05, 3.63) is 23.3 Å². The first kappa shape index (κ1) is 17.9. The molecule has 0 atom stereocenters. The van der Waals surface area contributed by atoms with Crippen LogP contribution in [0.15, 0.2) is 28.5 Å². The Bertz CT molecular complexity index is 672. The highest BCUT2D eigenvalue weighted by Gasteiger charge is 2.30. The van der Waals surface area contributed by atoms with Crippen LogP contribution in [-0.2, 0) is 19.2 Å². The van der Waals surface area contributed by atoms with Crippen LogP contribution in [0.3, 0.4) is 0 Å². The van der Waals surface area contributed by atoms with Gasteiger partial charge in [0.1, 0.15) is 5.71 Å². The van der Waals surface area contributed by atoms with Gasteiger partial charge < -0.3 is 0 Å². The molecule has 0 aromatic heterocycles. The average Bonchev–Trinajstić information content (AvgIpc) is 2.46. The average molecular weight is 339 g/mol. The maximum atomic E-state index is 12.2. The number of ketones is 1. The third-order valence-corrected chi connectivity index (χ3v) is 5.88. The number of nitrogens with zero attached hydrogens (tertiary/aromatic N) is 1. The van der Waals surface area contributed by atoms with E-state index in [1.54, 1.807) is 13.0 Å². The molecule has 0 heterocycles. The van der Waals surface area contributed by atoms with Crippen LogP contribution in [0.4, 0.5) is 0 Å². The molecule has 0 unspecified atom stereocenters. The molecule has 128 valence electrons. The minimum atomic E-state index is -3.70. The van der Waals surface area contributed by atoms with Crippen LogP contribution in [0.2, 0.25) is 0 Å². The predicted octanol–water partition coefficient (Wildman–Crippen LogP) is 3.52. The zero-order valence-corrected chi connectivity index (χ0v) is 15.1. The van der Waals surface area contributed by atoms with Gasteiger partial charge in [-0.05, 0) is 42.9 Å². The lowest BCUT2D eigenvalue weighted by Crippen LogP contribution is -2.26. The molecule has 0 aromatic rings. The Hall–Kier alpha value is -1.43. The minimum absolute atomic E-state index is 0.0657. The summed E-state index contributed by atoms with van der Waals surface area (Å²) in [6.07, 6.45) is 7.26. The zero-order chi connectivity index (χ0) is 17.3. The van der Waals surface area contributed by atoms with Crippen molar-refractivity contribution in [3.8, 4) is 0 Å². The third-order valence-electron chi connectivity index (χ3n) is 4.31. The van der Waals surface area contributed by atoms with E-state index in [4.69, 9.17) is 4.28 Å². The van der Waals surface area contributed by atoms with Gasteiger partial charge in [0, 0.05) is 5.57 Å². The van der Waals surface area contributed by atoms with Crippen molar-refractivity contribution in [3.63, 3.8) is 0 Å². The summed E-state index contributed by atoms with van der Waals surface area (Å²) < 4.78 is 29.4. The summed E-state index contributed by atoms with van der Waals surface area (Å²) in [5.74, 6) is -0.0657. The SMILES string of the molecule is CC1=CC(=O)C(C(C)(C)C)=C/C1=N\OS(=O)(=O)C1CCCCC1. The van der Waals surface area contributed by atoms with Crippen molar-refractivity contribution in [2.75, 3.05) is 0 Å². The third kappa shape index (κ3) is 4.31. The van der Waals surface area contributed by atoms with Gasteiger partial charge in [-0.2, -0.15) is 8.42 Å². The summed E-state index contributed by atoms with van der Waals surface area (Å²) >= 11 is 0. The lowest BCUT2D eigenvalue weighted by molar-refractivity contribution is -0.112. The van der Waals surface area contributed by atoms with E-state index in [0.717, 1.165) is 19.3 Å². The number of carbonyl (C=O) groups excluding carboxylic acids is 1. The van der Waals surface area contributed by atoms with E-state index in [2.05, 4.69) is 5.16 Å². The number of hydrogen-bond donors (Lipinski definition) is 0. The Balaban J connectivity index is 2.22. The first-order chi connectivity index (χ1) is 10.6. The quantitative estimate of drug-likeness (QED) is 0.582. The van der Waals surface area contributed by atoms with Crippen molar-refractivity contribution in [1.29, 1.82) is 0 Å². The molecular formula is C17H25NO4S. The maximum absolute atomic E-state index is 12.2. The van der Waals surface area contributed by atoms with Crippen LogP contribution in [0.25, 0.3) is 0 Å². The molecule has 1 fully saturated rings. The Labute approximate surface area is 138 Å². The molecule has 23 heavy (non-hydrogen) atoms. The molecule has 0 aliphatic heterocycles. The van der Waals surface area contributed by atoms with Crippen molar-refractivity contribution in [2.45, 2.75) is 65.0 Å². The number of oxime groups is 1. The molecule has 2 rings (SSSR count). The number of allylic oxidation sites excluding steroid dienone is 4. The Morgan fingerprint density at radius 2 is 1.74 bits per heavy atom. The fourth-order valence-electron chi connectivity index (χ4n) is 2.86. The normalized spacial score (nSPS) is 22.8. The van der Waals surface area contributed by atoms with Gasteiger partial charge in [-0.3, -0.25) is 9.08 Å².